The van der Waals surface area contributed by atoms with Crippen molar-refractivity contribution >= 4 is 17.5 Å². The van der Waals surface area contributed by atoms with E-state index in [1.165, 1.54) is 12.8 Å². The summed E-state index contributed by atoms with van der Waals surface area (Å²) in [6.45, 7) is 2.04. The molecule has 2 rings (SSSR count). The Hall–Kier alpha value is -0.240. The van der Waals surface area contributed by atoms with Crippen LogP contribution in [0.2, 0.25) is 0 Å². The quantitative estimate of drug-likeness (QED) is 0.720. The normalized spacial score (nSPS) is 27.3. The number of hydrogen-bond donors (Lipinski definition) is 1. The van der Waals surface area contributed by atoms with E-state index in [9.17, 15) is 4.79 Å². The van der Waals surface area contributed by atoms with E-state index >= 15 is 0 Å². The molecule has 80 valence electrons. The first kappa shape index (κ1) is 10.3. The van der Waals surface area contributed by atoms with Crippen LogP contribution in [0.15, 0.2) is 0 Å². The summed E-state index contributed by atoms with van der Waals surface area (Å²) in [6.07, 6.45) is 6.58. The average molecular weight is 216 g/mol. The lowest BCUT2D eigenvalue weighted by Gasteiger charge is -2.29. The molecule has 0 aromatic heterocycles. The second-order valence-electron chi connectivity index (χ2n) is 5.14. The van der Waals surface area contributed by atoms with Gasteiger partial charge in [0.05, 0.1) is 5.54 Å². The summed E-state index contributed by atoms with van der Waals surface area (Å²) in [4.78, 5) is 11.9. The molecule has 0 radical (unpaired) electrons. The van der Waals surface area contributed by atoms with E-state index in [2.05, 4.69) is 5.32 Å². The fourth-order valence-corrected chi connectivity index (χ4v) is 2.48. The molecule has 0 aliphatic heterocycles. The Kier molecular flexibility index (Phi) is 2.50. The third-order valence-electron chi connectivity index (χ3n) is 3.74. The number of alkyl halides is 1. The lowest BCUT2D eigenvalue weighted by Crippen LogP contribution is -2.50. The molecule has 2 aliphatic carbocycles. The fraction of sp³-hybridized carbons (Fsp3) is 0.909. The third kappa shape index (κ3) is 1.77. The minimum Gasteiger partial charge on any atom is -0.349 e. The van der Waals surface area contributed by atoms with Crippen molar-refractivity contribution in [3.8, 4) is 0 Å². The molecular weight excluding hydrogens is 198 g/mol. The summed E-state index contributed by atoms with van der Waals surface area (Å²) in [6, 6.07) is 0. The lowest BCUT2D eigenvalue weighted by atomic mass is 9.98. The Morgan fingerprint density at radius 1 is 1.29 bits per heavy atom. The first-order valence-electron chi connectivity index (χ1n) is 5.49. The molecule has 0 heterocycles. The van der Waals surface area contributed by atoms with E-state index in [1.807, 2.05) is 6.92 Å². The van der Waals surface area contributed by atoms with Gasteiger partial charge in [0, 0.05) is 11.3 Å². The standard InChI is InChI=1S/C11H18ClNO/c1-10(6-7-10)9(14)13-11(8-12)4-2-3-5-11/h2-8H2,1H3,(H,13,14). The maximum absolute atomic E-state index is 11.9. The zero-order valence-corrected chi connectivity index (χ0v) is 9.49. The maximum Gasteiger partial charge on any atom is 0.226 e. The Morgan fingerprint density at radius 2 is 1.86 bits per heavy atom. The van der Waals surface area contributed by atoms with E-state index in [1.54, 1.807) is 0 Å². The number of hydrogen-bond acceptors (Lipinski definition) is 1. The van der Waals surface area contributed by atoms with Crippen LogP contribution in [0.3, 0.4) is 0 Å². The molecule has 2 nitrogen and oxygen atoms in total. The van der Waals surface area contributed by atoms with E-state index < -0.39 is 0 Å². The smallest absolute Gasteiger partial charge is 0.226 e. The van der Waals surface area contributed by atoms with Gasteiger partial charge in [0.1, 0.15) is 0 Å². The van der Waals surface area contributed by atoms with Gasteiger partial charge in [-0.1, -0.05) is 19.8 Å². The summed E-state index contributed by atoms with van der Waals surface area (Å²) < 4.78 is 0. The van der Waals surface area contributed by atoms with Crippen LogP contribution >= 0.6 is 11.6 Å². The van der Waals surface area contributed by atoms with Crippen LogP contribution in [-0.2, 0) is 4.79 Å². The number of halogens is 1. The van der Waals surface area contributed by atoms with Crippen molar-refractivity contribution in [2.24, 2.45) is 5.41 Å². The predicted molar refractivity (Wildman–Crippen MR) is 57.4 cm³/mol. The SMILES string of the molecule is CC1(C(=O)NC2(CCl)CCCC2)CC1. The molecule has 0 bridgehead atoms. The molecule has 0 saturated heterocycles. The second-order valence-corrected chi connectivity index (χ2v) is 5.40. The first-order chi connectivity index (χ1) is 6.60. The lowest BCUT2D eigenvalue weighted by molar-refractivity contribution is -0.127. The number of carbonyl (C=O) groups excluding carboxylic acids is 1. The van der Waals surface area contributed by atoms with Crippen molar-refractivity contribution in [1.82, 2.24) is 5.32 Å². The van der Waals surface area contributed by atoms with E-state index in [0.29, 0.717) is 5.88 Å². The molecule has 2 fully saturated rings. The number of amides is 1. The van der Waals surface area contributed by atoms with Gasteiger partial charge in [-0.05, 0) is 25.7 Å². The molecule has 1 N–H and O–H groups in total. The van der Waals surface area contributed by atoms with Crippen molar-refractivity contribution in [3.05, 3.63) is 0 Å². The Morgan fingerprint density at radius 3 is 2.29 bits per heavy atom. The Balaban J connectivity index is 1.97. The van der Waals surface area contributed by atoms with Crippen LogP contribution in [0.5, 0.6) is 0 Å². The van der Waals surface area contributed by atoms with Gasteiger partial charge in [-0.2, -0.15) is 0 Å². The summed E-state index contributed by atoms with van der Waals surface area (Å²) in [5.41, 5.74) is -0.147. The van der Waals surface area contributed by atoms with Crippen LogP contribution in [0.1, 0.15) is 45.4 Å². The van der Waals surface area contributed by atoms with Crippen LogP contribution in [0.25, 0.3) is 0 Å². The molecule has 14 heavy (non-hydrogen) atoms. The zero-order chi connectivity index (χ0) is 10.2. The van der Waals surface area contributed by atoms with Gasteiger partial charge in [-0.3, -0.25) is 4.79 Å². The summed E-state index contributed by atoms with van der Waals surface area (Å²) in [5.74, 6) is 0.787. The number of nitrogens with one attached hydrogen (secondary N) is 1. The Labute approximate surface area is 90.4 Å². The molecule has 1 amide bonds. The van der Waals surface area contributed by atoms with Crippen LogP contribution in [0, 0.1) is 5.41 Å². The van der Waals surface area contributed by atoms with Gasteiger partial charge in [0.15, 0.2) is 0 Å². The highest BCUT2D eigenvalue weighted by Gasteiger charge is 2.47. The molecule has 0 aromatic rings. The van der Waals surface area contributed by atoms with Crippen LogP contribution in [0.4, 0.5) is 0 Å². The summed E-state index contributed by atoms with van der Waals surface area (Å²) >= 11 is 5.96. The monoisotopic (exact) mass is 215 g/mol. The van der Waals surface area contributed by atoms with Crippen molar-refractivity contribution in [3.63, 3.8) is 0 Å². The Bertz CT molecular complexity index is 242. The largest absolute Gasteiger partial charge is 0.349 e. The topological polar surface area (TPSA) is 29.1 Å². The molecule has 0 atom stereocenters. The second kappa shape index (κ2) is 3.41. The summed E-state index contributed by atoms with van der Waals surface area (Å²) in [5, 5.41) is 3.17. The predicted octanol–water partition coefficient (Wildman–Crippen LogP) is 2.45. The van der Waals surface area contributed by atoms with Gasteiger partial charge in [-0.25, -0.2) is 0 Å². The van der Waals surface area contributed by atoms with E-state index in [4.69, 9.17) is 11.6 Å². The fourth-order valence-electron chi connectivity index (χ4n) is 2.15. The van der Waals surface area contributed by atoms with Crippen molar-refractivity contribution in [1.29, 1.82) is 0 Å². The highest BCUT2D eigenvalue weighted by atomic mass is 35.5. The molecule has 3 heteroatoms. The molecule has 2 saturated carbocycles. The number of rotatable bonds is 3. The molecule has 0 spiro atoms. The van der Waals surface area contributed by atoms with Gasteiger partial charge in [-0.15, -0.1) is 11.6 Å². The molecular formula is C11H18ClNO. The first-order valence-corrected chi connectivity index (χ1v) is 6.02. The van der Waals surface area contributed by atoms with Crippen molar-refractivity contribution < 1.29 is 4.79 Å². The third-order valence-corrected chi connectivity index (χ3v) is 4.25. The van der Waals surface area contributed by atoms with Crippen molar-refractivity contribution in [2.75, 3.05) is 5.88 Å². The van der Waals surface area contributed by atoms with Gasteiger partial charge in [0.2, 0.25) is 5.91 Å². The number of carbonyl (C=O) groups is 1. The average Bonchev–Trinajstić information content (AvgIpc) is 2.78. The van der Waals surface area contributed by atoms with Gasteiger partial charge < -0.3 is 5.32 Å². The van der Waals surface area contributed by atoms with Crippen molar-refractivity contribution in [2.45, 2.75) is 51.0 Å². The maximum atomic E-state index is 11.9. The van der Waals surface area contributed by atoms with E-state index in [0.717, 1.165) is 25.7 Å². The van der Waals surface area contributed by atoms with Gasteiger partial charge >= 0.3 is 0 Å². The molecule has 2 aliphatic rings. The minimum absolute atomic E-state index is 0.0678. The zero-order valence-electron chi connectivity index (χ0n) is 8.74. The minimum atomic E-state index is -0.0791. The van der Waals surface area contributed by atoms with Gasteiger partial charge in [0.25, 0.3) is 0 Å². The van der Waals surface area contributed by atoms with Crippen LogP contribution < -0.4 is 5.32 Å². The van der Waals surface area contributed by atoms with E-state index in [-0.39, 0.29) is 16.9 Å². The van der Waals surface area contributed by atoms with Crippen LogP contribution in [-0.4, -0.2) is 17.3 Å². The highest BCUT2D eigenvalue weighted by molar-refractivity contribution is 6.18. The summed E-state index contributed by atoms with van der Waals surface area (Å²) in [7, 11) is 0. The highest BCUT2D eigenvalue weighted by Crippen LogP contribution is 2.46. The molecule has 0 aromatic carbocycles. The molecule has 0 unspecified atom stereocenters.